The molecule has 0 atom stereocenters. The van der Waals surface area contributed by atoms with E-state index in [-0.39, 0.29) is 10.7 Å². The van der Waals surface area contributed by atoms with Crippen LogP contribution in [0.2, 0.25) is 0 Å². The number of benzene rings is 1. The number of nitrogen functional groups attached to an aromatic ring is 1. The zero-order valence-electron chi connectivity index (χ0n) is 11.5. The Labute approximate surface area is 136 Å². The first-order chi connectivity index (χ1) is 9.84. The number of aromatic nitrogens is 1. The highest BCUT2D eigenvalue weighted by Gasteiger charge is 2.27. The van der Waals surface area contributed by atoms with Crippen LogP contribution in [0.1, 0.15) is 5.56 Å². The summed E-state index contributed by atoms with van der Waals surface area (Å²) in [5, 5.41) is 3.53. The van der Waals surface area contributed by atoms with Gasteiger partial charge in [0.15, 0.2) is 10.7 Å². The Morgan fingerprint density at radius 1 is 1.38 bits per heavy atom. The Morgan fingerprint density at radius 2 is 2.05 bits per heavy atom. The molecule has 2 aromatic rings. The summed E-state index contributed by atoms with van der Waals surface area (Å²) in [6.07, 6.45) is 0. The summed E-state index contributed by atoms with van der Waals surface area (Å²) in [7, 11) is -0.703. The van der Waals surface area contributed by atoms with Crippen LogP contribution in [-0.2, 0) is 16.6 Å². The average Bonchev–Trinajstić information content (AvgIpc) is 2.79. The molecule has 1 heterocycles. The van der Waals surface area contributed by atoms with Crippen molar-refractivity contribution in [1.82, 2.24) is 8.68 Å². The van der Waals surface area contributed by atoms with Gasteiger partial charge in [-0.25, -0.2) is 12.7 Å². The van der Waals surface area contributed by atoms with E-state index >= 15 is 0 Å². The van der Waals surface area contributed by atoms with Gasteiger partial charge < -0.3 is 11.1 Å². The van der Waals surface area contributed by atoms with Crippen molar-refractivity contribution >= 4 is 48.3 Å². The van der Waals surface area contributed by atoms with Crippen LogP contribution in [0.5, 0.6) is 0 Å². The number of nitrogens with zero attached hydrogens (tertiary/aromatic N) is 2. The first kappa shape index (κ1) is 16.2. The lowest BCUT2D eigenvalue weighted by Gasteiger charge is -2.13. The second kappa shape index (κ2) is 6.30. The van der Waals surface area contributed by atoms with E-state index in [4.69, 9.17) is 5.73 Å². The molecule has 0 unspecified atom stereocenters. The maximum atomic E-state index is 12.3. The molecule has 1 aromatic carbocycles. The molecular weight excluding hydrogens is 376 g/mol. The fourth-order valence-electron chi connectivity index (χ4n) is 1.66. The molecule has 3 N–H and O–H groups in total. The Kier molecular flexibility index (Phi) is 4.87. The summed E-state index contributed by atoms with van der Waals surface area (Å²) in [6, 6.07) is 7.71. The number of anilines is 2. The minimum atomic E-state index is -3.63. The highest BCUT2D eigenvalue weighted by molar-refractivity contribution is 9.10. The second-order valence-corrected chi connectivity index (χ2v) is 8.17. The van der Waals surface area contributed by atoms with Crippen LogP contribution in [0.15, 0.2) is 33.6 Å². The zero-order chi connectivity index (χ0) is 15.6. The molecule has 0 saturated carbocycles. The molecule has 21 heavy (non-hydrogen) atoms. The number of nitrogens with two attached hydrogens (primary N) is 1. The van der Waals surface area contributed by atoms with Crippen LogP contribution in [0.4, 0.5) is 10.8 Å². The van der Waals surface area contributed by atoms with E-state index in [1.165, 1.54) is 14.1 Å². The van der Waals surface area contributed by atoms with Crippen molar-refractivity contribution in [3.63, 3.8) is 0 Å². The van der Waals surface area contributed by atoms with Crippen LogP contribution in [0.25, 0.3) is 0 Å². The third-order valence-corrected chi connectivity index (χ3v) is 6.42. The van der Waals surface area contributed by atoms with Gasteiger partial charge in [-0.15, -0.1) is 0 Å². The number of nitrogens with one attached hydrogen (secondary N) is 1. The molecule has 1 aromatic heterocycles. The number of rotatable bonds is 5. The standard InChI is InChI=1S/C12H15BrN4O2S2/c1-17(2)21(18,19)10-11(14)16-20-12(10)15-7-8-5-3-4-6-9(8)13/h3-6,15H,7H2,1-2H3,(H2,14,16). The van der Waals surface area contributed by atoms with Gasteiger partial charge in [-0.1, -0.05) is 34.1 Å². The molecule has 0 fully saturated rings. The van der Waals surface area contributed by atoms with E-state index < -0.39 is 10.0 Å². The van der Waals surface area contributed by atoms with E-state index in [2.05, 4.69) is 25.6 Å². The molecule has 0 bridgehead atoms. The summed E-state index contributed by atoms with van der Waals surface area (Å²) in [6.45, 7) is 0.471. The smallest absolute Gasteiger partial charge is 0.249 e. The molecule has 114 valence electrons. The van der Waals surface area contributed by atoms with Crippen LogP contribution < -0.4 is 11.1 Å². The molecule has 0 aliphatic carbocycles. The van der Waals surface area contributed by atoms with Gasteiger partial charge in [-0.2, -0.15) is 4.37 Å². The molecule has 0 aliphatic rings. The van der Waals surface area contributed by atoms with Gasteiger partial charge >= 0.3 is 0 Å². The molecule has 0 spiro atoms. The first-order valence-corrected chi connectivity index (χ1v) is 8.99. The Bertz CT molecular complexity index is 743. The molecule has 6 nitrogen and oxygen atoms in total. The Morgan fingerprint density at radius 3 is 2.67 bits per heavy atom. The van der Waals surface area contributed by atoms with Crippen molar-refractivity contribution in [3.05, 3.63) is 34.3 Å². The summed E-state index contributed by atoms with van der Waals surface area (Å²) in [5.74, 6) is 0.0170. The SMILES string of the molecule is CN(C)S(=O)(=O)c1c(N)nsc1NCc1ccccc1Br. The quantitative estimate of drug-likeness (QED) is 0.817. The number of hydrogen-bond donors (Lipinski definition) is 2. The third kappa shape index (κ3) is 3.37. The minimum Gasteiger partial charge on any atom is -0.382 e. The van der Waals surface area contributed by atoms with Gasteiger partial charge in [0.25, 0.3) is 0 Å². The maximum Gasteiger partial charge on any atom is 0.249 e. The normalized spacial score (nSPS) is 11.8. The predicted molar refractivity (Wildman–Crippen MR) is 88.9 cm³/mol. The molecule has 9 heteroatoms. The van der Waals surface area contributed by atoms with Gasteiger partial charge in [0.2, 0.25) is 10.0 Å². The Balaban J connectivity index is 2.29. The zero-order valence-corrected chi connectivity index (χ0v) is 14.7. The van der Waals surface area contributed by atoms with E-state index in [9.17, 15) is 8.42 Å². The summed E-state index contributed by atoms with van der Waals surface area (Å²) >= 11 is 4.49. The predicted octanol–water partition coefficient (Wildman–Crippen LogP) is 2.35. The van der Waals surface area contributed by atoms with Crippen molar-refractivity contribution in [3.8, 4) is 0 Å². The van der Waals surface area contributed by atoms with Gasteiger partial charge in [0.1, 0.15) is 5.00 Å². The van der Waals surface area contributed by atoms with Crippen molar-refractivity contribution in [2.24, 2.45) is 0 Å². The average molecular weight is 391 g/mol. The second-order valence-electron chi connectivity index (χ2n) is 4.46. The fourth-order valence-corrected chi connectivity index (χ4v) is 4.15. The molecule has 0 radical (unpaired) electrons. The lowest BCUT2D eigenvalue weighted by molar-refractivity contribution is 0.521. The van der Waals surface area contributed by atoms with Gasteiger partial charge in [0, 0.05) is 25.1 Å². The fraction of sp³-hybridized carbons (Fsp3) is 0.250. The van der Waals surface area contributed by atoms with E-state index in [1.807, 2.05) is 24.3 Å². The summed E-state index contributed by atoms with van der Waals surface area (Å²) in [4.78, 5) is 0.0320. The number of sulfonamides is 1. The highest BCUT2D eigenvalue weighted by atomic mass is 79.9. The topological polar surface area (TPSA) is 88.3 Å². The van der Waals surface area contributed by atoms with E-state index in [1.54, 1.807) is 0 Å². The van der Waals surface area contributed by atoms with Gasteiger partial charge in [-0.3, -0.25) is 0 Å². The molecule has 2 rings (SSSR count). The van der Waals surface area contributed by atoms with Crippen molar-refractivity contribution < 1.29 is 8.42 Å². The first-order valence-electron chi connectivity index (χ1n) is 5.99. The lowest BCUT2D eigenvalue weighted by Crippen LogP contribution is -2.23. The molecule has 0 aliphatic heterocycles. The minimum absolute atomic E-state index is 0.0170. The van der Waals surface area contributed by atoms with E-state index in [0.717, 1.165) is 25.9 Å². The van der Waals surface area contributed by atoms with Crippen LogP contribution in [0, 0.1) is 0 Å². The van der Waals surface area contributed by atoms with Crippen molar-refractivity contribution in [1.29, 1.82) is 0 Å². The number of halogens is 1. The highest BCUT2D eigenvalue weighted by Crippen LogP contribution is 2.33. The lowest BCUT2D eigenvalue weighted by atomic mass is 10.2. The molecule has 0 saturated heterocycles. The van der Waals surface area contributed by atoms with Crippen LogP contribution >= 0.6 is 27.5 Å². The molecular formula is C12H15BrN4O2S2. The third-order valence-electron chi connectivity index (χ3n) is 2.81. The largest absolute Gasteiger partial charge is 0.382 e. The van der Waals surface area contributed by atoms with E-state index in [0.29, 0.717) is 11.5 Å². The Hall–Kier alpha value is -1.16. The molecule has 0 amide bonds. The van der Waals surface area contributed by atoms with Crippen molar-refractivity contribution in [2.75, 3.05) is 25.1 Å². The van der Waals surface area contributed by atoms with Gasteiger partial charge in [0.05, 0.1) is 0 Å². The monoisotopic (exact) mass is 390 g/mol. The van der Waals surface area contributed by atoms with Gasteiger partial charge in [-0.05, 0) is 23.2 Å². The maximum absolute atomic E-state index is 12.3. The van der Waals surface area contributed by atoms with Crippen LogP contribution in [-0.4, -0.2) is 31.2 Å². The number of hydrogen-bond acceptors (Lipinski definition) is 6. The van der Waals surface area contributed by atoms with Crippen molar-refractivity contribution in [2.45, 2.75) is 11.4 Å². The van der Waals surface area contributed by atoms with Crippen LogP contribution in [0.3, 0.4) is 0 Å². The summed E-state index contributed by atoms with van der Waals surface area (Å²) in [5.41, 5.74) is 6.72. The summed E-state index contributed by atoms with van der Waals surface area (Å²) < 4.78 is 30.6.